The number of carbonyl (C=O) groups excluding carboxylic acids is 1. The number of benzene rings is 1. The van der Waals surface area contributed by atoms with Crippen LogP contribution in [0, 0.1) is 0 Å². The third kappa shape index (κ3) is 4.81. The van der Waals surface area contributed by atoms with Gasteiger partial charge in [-0.3, -0.25) is 14.7 Å². The fourth-order valence-corrected chi connectivity index (χ4v) is 3.91. The smallest absolute Gasteiger partial charge is 0.287 e. The van der Waals surface area contributed by atoms with Crippen LogP contribution in [-0.2, 0) is 6.54 Å². The molecule has 0 fully saturated rings. The first kappa shape index (κ1) is 19.2. The predicted molar refractivity (Wildman–Crippen MR) is 110 cm³/mol. The van der Waals surface area contributed by atoms with Gasteiger partial charge in [-0.2, -0.15) is 5.10 Å². The molecule has 3 heterocycles. The van der Waals surface area contributed by atoms with Crippen molar-refractivity contribution in [2.45, 2.75) is 11.7 Å². The SMILES string of the molecule is O=C(NCc1cccc(OCCSc2ncn[nH]2)c1)c1nc2sccc2c(=O)[nH]1. The van der Waals surface area contributed by atoms with Gasteiger partial charge >= 0.3 is 0 Å². The molecule has 4 aromatic rings. The van der Waals surface area contributed by atoms with E-state index < -0.39 is 5.91 Å². The predicted octanol–water partition coefficient (Wildman–Crippen LogP) is 2.20. The van der Waals surface area contributed by atoms with Crippen LogP contribution in [0.15, 0.2) is 52.0 Å². The Morgan fingerprint density at radius 3 is 3.10 bits per heavy atom. The Hall–Kier alpha value is -3.18. The fraction of sp³-hybridized carbons (Fsp3) is 0.167. The molecule has 3 aromatic heterocycles. The largest absolute Gasteiger partial charge is 0.493 e. The number of H-pyrrole nitrogens is 2. The van der Waals surface area contributed by atoms with Gasteiger partial charge in [-0.1, -0.05) is 23.9 Å². The number of thiophene rings is 1. The summed E-state index contributed by atoms with van der Waals surface area (Å²) in [5, 5.41) is 12.3. The van der Waals surface area contributed by atoms with Crippen molar-refractivity contribution in [2.75, 3.05) is 12.4 Å². The molecule has 9 nitrogen and oxygen atoms in total. The second kappa shape index (κ2) is 8.88. The molecule has 0 saturated carbocycles. The Labute approximate surface area is 172 Å². The molecule has 0 aliphatic carbocycles. The van der Waals surface area contributed by atoms with Gasteiger partial charge in [0.05, 0.1) is 12.0 Å². The molecule has 1 aromatic carbocycles. The number of ether oxygens (including phenoxy) is 1. The molecule has 0 aliphatic heterocycles. The van der Waals surface area contributed by atoms with Crippen LogP contribution in [0.5, 0.6) is 5.75 Å². The van der Waals surface area contributed by atoms with Crippen LogP contribution in [0.25, 0.3) is 10.2 Å². The summed E-state index contributed by atoms with van der Waals surface area (Å²) in [6.07, 6.45) is 1.46. The van der Waals surface area contributed by atoms with Gasteiger partial charge in [0.15, 0.2) is 5.16 Å². The molecule has 0 radical (unpaired) electrons. The van der Waals surface area contributed by atoms with Gasteiger partial charge in [-0.25, -0.2) is 9.97 Å². The summed E-state index contributed by atoms with van der Waals surface area (Å²) in [5.41, 5.74) is 0.554. The van der Waals surface area contributed by atoms with Crippen LogP contribution in [0.4, 0.5) is 0 Å². The summed E-state index contributed by atoms with van der Waals surface area (Å²) >= 11 is 2.84. The Morgan fingerprint density at radius 1 is 1.31 bits per heavy atom. The standard InChI is InChI=1S/C18H16N6O3S2/c25-15-13-4-6-28-17(13)23-14(22-15)16(26)19-9-11-2-1-3-12(8-11)27-5-7-29-18-20-10-21-24-18/h1-4,6,8,10H,5,7,9H2,(H,19,26)(H,20,21,24)(H,22,23,25). The molecular weight excluding hydrogens is 412 g/mol. The summed E-state index contributed by atoms with van der Waals surface area (Å²) in [6.45, 7) is 0.794. The van der Waals surface area contributed by atoms with Crippen molar-refractivity contribution in [3.63, 3.8) is 0 Å². The molecule has 29 heavy (non-hydrogen) atoms. The number of nitrogens with zero attached hydrogens (tertiary/aromatic N) is 3. The molecule has 148 valence electrons. The molecule has 3 N–H and O–H groups in total. The number of aromatic amines is 2. The van der Waals surface area contributed by atoms with E-state index in [9.17, 15) is 9.59 Å². The zero-order valence-corrected chi connectivity index (χ0v) is 16.7. The molecule has 4 rings (SSSR count). The number of amides is 1. The van der Waals surface area contributed by atoms with Gasteiger partial charge in [0.1, 0.15) is 16.9 Å². The first-order valence-corrected chi connectivity index (χ1v) is 10.5. The highest BCUT2D eigenvalue weighted by molar-refractivity contribution is 7.99. The number of fused-ring (bicyclic) bond motifs is 1. The van der Waals surface area contributed by atoms with E-state index in [1.165, 1.54) is 29.4 Å². The Morgan fingerprint density at radius 2 is 2.24 bits per heavy atom. The minimum Gasteiger partial charge on any atom is -0.493 e. The zero-order chi connectivity index (χ0) is 20.1. The summed E-state index contributed by atoms with van der Waals surface area (Å²) in [7, 11) is 0. The molecule has 1 amide bonds. The summed E-state index contributed by atoms with van der Waals surface area (Å²) in [5.74, 6) is 0.996. The van der Waals surface area contributed by atoms with Gasteiger partial charge in [-0.05, 0) is 29.1 Å². The van der Waals surface area contributed by atoms with Crippen molar-refractivity contribution >= 4 is 39.2 Å². The molecular formula is C18H16N6O3S2. The molecule has 0 aliphatic rings. The van der Waals surface area contributed by atoms with Crippen molar-refractivity contribution in [3.8, 4) is 5.75 Å². The molecule has 11 heteroatoms. The van der Waals surface area contributed by atoms with Gasteiger partial charge in [0.25, 0.3) is 11.5 Å². The lowest BCUT2D eigenvalue weighted by molar-refractivity contribution is 0.0940. The zero-order valence-electron chi connectivity index (χ0n) is 15.0. The molecule has 0 bridgehead atoms. The van der Waals surface area contributed by atoms with Gasteiger partial charge in [-0.15, -0.1) is 11.3 Å². The van der Waals surface area contributed by atoms with Crippen molar-refractivity contribution in [1.29, 1.82) is 0 Å². The average molecular weight is 428 g/mol. The highest BCUT2D eigenvalue weighted by Gasteiger charge is 2.12. The fourth-order valence-electron chi connectivity index (χ4n) is 2.55. The number of aromatic nitrogens is 5. The van der Waals surface area contributed by atoms with Crippen molar-refractivity contribution in [3.05, 3.63) is 63.8 Å². The lowest BCUT2D eigenvalue weighted by Crippen LogP contribution is -2.27. The number of rotatable bonds is 8. The van der Waals surface area contributed by atoms with E-state index in [0.717, 1.165) is 16.5 Å². The Bertz CT molecular complexity index is 1170. The first-order valence-electron chi connectivity index (χ1n) is 8.64. The van der Waals surface area contributed by atoms with Crippen molar-refractivity contribution in [2.24, 2.45) is 0 Å². The van der Waals surface area contributed by atoms with Crippen molar-refractivity contribution in [1.82, 2.24) is 30.5 Å². The van der Waals surface area contributed by atoms with E-state index in [1.807, 2.05) is 24.3 Å². The summed E-state index contributed by atoms with van der Waals surface area (Å²) in [6, 6.07) is 9.14. The normalized spacial score (nSPS) is 10.9. The highest BCUT2D eigenvalue weighted by Crippen LogP contribution is 2.16. The van der Waals surface area contributed by atoms with E-state index in [-0.39, 0.29) is 17.9 Å². The van der Waals surface area contributed by atoms with E-state index in [2.05, 4.69) is 30.5 Å². The van der Waals surface area contributed by atoms with Gasteiger partial charge < -0.3 is 15.0 Å². The molecule has 0 spiro atoms. The second-order valence-electron chi connectivity index (χ2n) is 5.87. The monoisotopic (exact) mass is 428 g/mol. The third-order valence-corrected chi connectivity index (χ3v) is 5.53. The first-order chi connectivity index (χ1) is 14.2. The third-order valence-electron chi connectivity index (χ3n) is 3.89. The van der Waals surface area contributed by atoms with Gasteiger partial charge in [0.2, 0.25) is 5.82 Å². The number of thioether (sulfide) groups is 1. The van der Waals surface area contributed by atoms with Crippen LogP contribution in [0.3, 0.4) is 0 Å². The molecule has 0 unspecified atom stereocenters. The minimum atomic E-state index is -0.438. The maximum atomic E-state index is 12.4. The van der Waals surface area contributed by atoms with Crippen LogP contribution >= 0.6 is 23.1 Å². The van der Waals surface area contributed by atoms with E-state index in [1.54, 1.807) is 11.4 Å². The minimum absolute atomic E-state index is 0.00166. The highest BCUT2D eigenvalue weighted by atomic mass is 32.2. The van der Waals surface area contributed by atoms with Crippen LogP contribution < -0.4 is 15.6 Å². The summed E-state index contributed by atoms with van der Waals surface area (Å²) < 4.78 is 5.74. The quantitative estimate of drug-likeness (QED) is 0.290. The lowest BCUT2D eigenvalue weighted by Gasteiger charge is -2.08. The number of carbonyl (C=O) groups is 1. The topological polar surface area (TPSA) is 126 Å². The van der Waals surface area contributed by atoms with Crippen LogP contribution in [-0.4, -0.2) is 43.4 Å². The van der Waals surface area contributed by atoms with Gasteiger partial charge in [0, 0.05) is 12.3 Å². The molecule has 0 atom stereocenters. The maximum Gasteiger partial charge on any atom is 0.287 e. The van der Waals surface area contributed by atoms with Crippen LogP contribution in [0.1, 0.15) is 16.2 Å². The maximum absolute atomic E-state index is 12.4. The number of hydrogen-bond donors (Lipinski definition) is 3. The van der Waals surface area contributed by atoms with E-state index >= 15 is 0 Å². The summed E-state index contributed by atoms with van der Waals surface area (Å²) in [4.78, 5) is 35.6. The molecule has 0 saturated heterocycles. The Kier molecular flexibility index (Phi) is 5.86. The van der Waals surface area contributed by atoms with E-state index in [4.69, 9.17) is 4.74 Å². The van der Waals surface area contributed by atoms with E-state index in [0.29, 0.717) is 22.6 Å². The van der Waals surface area contributed by atoms with Crippen LogP contribution in [0.2, 0.25) is 0 Å². The lowest BCUT2D eigenvalue weighted by atomic mass is 10.2. The second-order valence-corrected chi connectivity index (χ2v) is 7.85. The number of nitrogens with one attached hydrogen (secondary N) is 3. The Balaban J connectivity index is 1.31. The average Bonchev–Trinajstić information content (AvgIpc) is 3.42. The van der Waals surface area contributed by atoms with Crippen molar-refractivity contribution < 1.29 is 9.53 Å². The number of hydrogen-bond acceptors (Lipinski definition) is 8.